The van der Waals surface area contributed by atoms with E-state index in [9.17, 15) is 34.4 Å². The Morgan fingerprint density at radius 1 is 1.06 bits per heavy atom. The lowest BCUT2D eigenvalue weighted by molar-refractivity contribution is -0.383. The number of benzene rings is 2. The molecule has 0 fully saturated rings. The van der Waals surface area contributed by atoms with E-state index in [0.29, 0.717) is 4.57 Å². The summed E-state index contributed by atoms with van der Waals surface area (Å²) in [6.45, 7) is 4.45. The van der Waals surface area contributed by atoms with Crippen LogP contribution in [0, 0.1) is 10.1 Å². The minimum atomic E-state index is -1.49. The van der Waals surface area contributed by atoms with Crippen molar-refractivity contribution in [2.24, 2.45) is 0 Å². The third kappa shape index (κ3) is 3.76. The SMILES string of the molecule is CC(C)(C)OC(=O)n1c(C(=O)O)cc2cc(CN3C(=O)c4ccccc4C3=O)cc([N+](=O)[O-])c21. The van der Waals surface area contributed by atoms with Gasteiger partial charge in [0.2, 0.25) is 0 Å². The summed E-state index contributed by atoms with van der Waals surface area (Å²) < 4.78 is 5.90. The zero-order valence-electron chi connectivity index (χ0n) is 18.4. The van der Waals surface area contributed by atoms with Crippen LogP contribution < -0.4 is 0 Å². The molecule has 0 bridgehead atoms. The van der Waals surface area contributed by atoms with Crippen molar-refractivity contribution in [3.05, 3.63) is 75.0 Å². The molecule has 0 radical (unpaired) electrons. The van der Waals surface area contributed by atoms with Crippen LogP contribution >= 0.6 is 0 Å². The predicted molar refractivity (Wildman–Crippen MR) is 118 cm³/mol. The van der Waals surface area contributed by atoms with Crippen LogP contribution in [-0.2, 0) is 11.3 Å². The number of aromatic carboxylic acids is 1. The summed E-state index contributed by atoms with van der Waals surface area (Å²) in [5, 5.41) is 21.6. The molecule has 3 aromatic rings. The van der Waals surface area contributed by atoms with Gasteiger partial charge in [0.15, 0.2) is 0 Å². The van der Waals surface area contributed by atoms with E-state index in [1.165, 1.54) is 18.2 Å². The molecule has 0 unspecified atom stereocenters. The molecule has 1 N–H and O–H groups in total. The van der Waals surface area contributed by atoms with E-state index in [4.69, 9.17) is 4.74 Å². The molecule has 2 aromatic carbocycles. The first-order valence-corrected chi connectivity index (χ1v) is 10.1. The molecule has 4 rings (SSSR count). The Morgan fingerprint density at radius 2 is 1.65 bits per heavy atom. The quantitative estimate of drug-likeness (QED) is 0.347. The van der Waals surface area contributed by atoms with Crippen molar-refractivity contribution in [1.82, 2.24) is 9.47 Å². The van der Waals surface area contributed by atoms with E-state index in [1.54, 1.807) is 32.9 Å². The molecule has 34 heavy (non-hydrogen) atoms. The van der Waals surface area contributed by atoms with Gasteiger partial charge in [-0.2, -0.15) is 0 Å². The number of ether oxygens (including phenoxy) is 1. The summed E-state index contributed by atoms with van der Waals surface area (Å²) in [6, 6.07) is 9.90. The second kappa shape index (κ2) is 7.80. The fourth-order valence-corrected chi connectivity index (χ4v) is 3.84. The number of carbonyl (C=O) groups is 4. The molecular weight excluding hydrogens is 446 g/mol. The lowest BCUT2D eigenvalue weighted by Gasteiger charge is -2.20. The van der Waals surface area contributed by atoms with Gasteiger partial charge in [0, 0.05) is 11.5 Å². The molecule has 0 atom stereocenters. The minimum Gasteiger partial charge on any atom is -0.477 e. The number of nitrogens with zero attached hydrogens (tertiary/aromatic N) is 3. The number of aromatic nitrogens is 1. The molecule has 174 valence electrons. The Kier molecular flexibility index (Phi) is 5.19. The van der Waals surface area contributed by atoms with E-state index in [2.05, 4.69) is 0 Å². The average Bonchev–Trinajstić information content (AvgIpc) is 3.24. The number of nitro benzene ring substituents is 1. The van der Waals surface area contributed by atoms with Gasteiger partial charge in [0.1, 0.15) is 16.8 Å². The van der Waals surface area contributed by atoms with Crippen molar-refractivity contribution < 1.29 is 33.9 Å². The van der Waals surface area contributed by atoms with Gasteiger partial charge in [0.25, 0.3) is 17.5 Å². The van der Waals surface area contributed by atoms with Crippen LogP contribution in [0.2, 0.25) is 0 Å². The maximum Gasteiger partial charge on any atom is 0.419 e. The normalized spacial score (nSPS) is 13.3. The Morgan fingerprint density at radius 3 is 2.15 bits per heavy atom. The van der Waals surface area contributed by atoms with Gasteiger partial charge in [-0.3, -0.25) is 24.6 Å². The zero-order valence-corrected chi connectivity index (χ0v) is 18.4. The van der Waals surface area contributed by atoms with Gasteiger partial charge in [-0.15, -0.1) is 0 Å². The highest BCUT2D eigenvalue weighted by atomic mass is 16.6. The van der Waals surface area contributed by atoms with Crippen LogP contribution in [0.5, 0.6) is 0 Å². The van der Waals surface area contributed by atoms with E-state index in [0.717, 1.165) is 17.0 Å². The van der Waals surface area contributed by atoms with Crippen molar-refractivity contribution in [1.29, 1.82) is 0 Å². The number of nitro groups is 1. The molecule has 1 aromatic heterocycles. The molecule has 11 nitrogen and oxygen atoms in total. The summed E-state index contributed by atoms with van der Waals surface area (Å²) >= 11 is 0. The summed E-state index contributed by atoms with van der Waals surface area (Å²) in [7, 11) is 0. The number of fused-ring (bicyclic) bond motifs is 2. The fourth-order valence-electron chi connectivity index (χ4n) is 3.84. The van der Waals surface area contributed by atoms with Crippen molar-refractivity contribution in [2.75, 3.05) is 0 Å². The Hall–Kier alpha value is -4.54. The van der Waals surface area contributed by atoms with Gasteiger partial charge in [-0.05, 0) is 50.6 Å². The largest absolute Gasteiger partial charge is 0.477 e. The van der Waals surface area contributed by atoms with Crippen molar-refractivity contribution in [3.8, 4) is 0 Å². The third-order valence-corrected chi connectivity index (χ3v) is 5.15. The van der Waals surface area contributed by atoms with Gasteiger partial charge < -0.3 is 9.84 Å². The Labute approximate surface area is 192 Å². The highest BCUT2D eigenvalue weighted by Gasteiger charge is 2.36. The number of hydrogen-bond donors (Lipinski definition) is 1. The molecule has 2 heterocycles. The molecule has 0 saturated heterocycles. The van der Waals surface area contributed by atoms with Crippen molar-refractivity contribution >= 4 is 40.5 Å². The summed E-state index contributed by atoms with van der Waals surface area (Å²) in [5.74, 6) is -2.57. The number of hydrogen-bond acceptors (Lipinski definition) is 7. The number of carboxylic acids is 1. The van der Waals surface area contributed by atoms with Crippen molar-refractivity contribution in [2.45, 2.75) is 32.9 Å². The van der Waals surface area contributed by atoms with Crippen LogP contribution in [0.3, 0.4) is 0 Å². The van der Waals surface area contributed by atoms with E-state index in [-0.39, 0.29) is 34.1 Å². The van der Waals surface area contributed by atoms with E-state index < -0.39 is 45.8 Å². The van der Waals surface area contributed by atoms with Gasteiger partial charge >= 0.3 is 12.1 Å². The lowest BCUT2D eigenvalue weighted by Crippen LogP contribution is -2.29. The number of amides is 2. The first-order valence-electron chi connectivity index (χ1n) is 10.1. The standard InChI is InChI=1S/C23H19N3O8/c1-23(2,3)34-22(31)25-17(21(29)30)10-13-8-12(9-16(18(13)25)26(32)33)11-24-19(27)14-6-4-5-7-15(14)20(24)28/h4-10H,11H2,1-3H3,(H,29,30). The van der Waals surface area contributed by atoms with Crippen LogP contribution in [-0.4, -0.2) is 49.0 Å². The lowest BCUT2D eigenvalue weighted by atomic mass is 10.1. The molecular formula is C23H19N3O8. The monoisotopic (exact) mass is 465 g/mol. The smallest absolute Gasteiger partial charge is 0.419 e. The van der Waals surface area contributed by atoms with Gasteiger partial charge in [0.05, 0.1) is 22.6 Å². The van der Waals surface area contributed by atoms with Crippen LogP contribution in [0.1, 0.15) is 57.5 Å². The number of rotatable bonds is 4. The highest BCUT2D eigenvalue weighted by Crippen LogP contribution is 2.33. The molecule has 1 aliphatic rings. The summed E-state index contributed by atoms with van der Waals surface area (Å²) in [5.41, 5.74) is -1.66. The number of carboxylic acid groups (broad SMARTS) is 1. The number of imide groups is 1. The molecule has 0 saturated carbocycles. The maximum atomic E-state index is 12.8. The molecule has 11 heteroatoms. The Balaban J connectivity index is 1.84. The first kappa shape index (κ1) is 22.6. The van der Waals surface area contributed by atoms with E-state index in [1.807, 2.05) is 0 Å². The van der Waals surface area contributed by atoms with Crippen LogP contribution in [0.4, 0.5) is 10.5 Å². The fraction of sp³-hybridized carbons (Fsp3) is 0.217. The maximum absolute atomic E-state index is 12.8. The molecule has 2 amide bonds. The summed E-state index contributed by atoms with van der Waals surface area (Å²) in [4.78, 5) is 62.1. The average molecular weight is 465 g/mol. The highest BCUT2D eigenvalue weighted by molar-refractivity contribution is 6.21. The van der Waals surface area contributed by atoms with E-state index >= 15 is 0 Å². The van der Waals surface area contributed by atoms with Crippen LogP contribution in [0.25, 0.3) is 10.9 Å². The minimum absolute atomic E-state index is 0.0732. The van der Waals surface area contributed by atoms with Crippen molar-refractivity contribution in [3.63, 3.8) is 0 Å². The molecule has 1 aliphatic heterocycles. The second-order valence-corrected chi connectivity index (χ2v) is 8.70. The Bertz CT molecular complexity index is 1380. The predicted octanol–water partition coefficient (Wildman–Crippen LogP) is 3.83. The van der Waals surface area contributed by atoms with Gasteiger partial charge in [-0.1, -0.05) is 12.1 Å². The molecule has 0 aliphatic carbocycles. The second-order valence-electron chi connectivity index (χ2n) is 8.70. The topological polar surface area (TPSA) is 149 Å². The molecule has 0 spiro atoms. The third-order valence-electron chi connectivity index (χ3n) is 5.15. The summed E-state index contributed by atoms with van der Waals surface area (Å²) in [6.07, 6.45) is -1.09. The first-order chi connectivity index (χ1) is 15.9. The number of carbonyl (C=O) groups excluding carboxylic acids is 3. The van der Waals surface area contributed by atoms with Gasteiger partial charge in [-0.25, -0.2) is 14.2 Å². The van der Waals surface area contributed by atoms with Crippen LogP contribution in [0.15, 0.2) is 42.5 Å². The zero-order chi connectivity index (χ0) is 24.9. The number of non-ortho nitro benzene ring substituents is 1.